The molecule has 1 heterocycles. The normalized spacial score (nSPS) is 10.8. The first kappa shape index (κ1) is 21.8. The molecule has 0 aliphatic carbocycles. The van der Waals surface area contributed by atoms with Crippen LogP contribution in [0.1, 0.15) is 47.0 Å². The summed E-state index contributed by atoms with van der Waals surface area (Å²) in [5, 5.41) is 5.35. The number of fused-ring (bicyclic) bond motifs is 1. The Balaban J connectivity index is 1.87. The van der Waals surface area contributed by atoms with Gasteiger partial charge >= 0.3 is 0 Å². The van der Waals surface area contributed by atoms with Crippen molar-refractivity contribution in [2.75, 3.05) is 0 Å². The van der Waals surface area contributed by atoms with E-state index in [1.54, 1.807) is 36.4 Å². The van der Waals surface area contributed by atoms with Gasteiger partial charge in [-0.15, -0.1) is 0 Å². The summed E-state index contributed by atoms with van der Waals surface area (Å²) >= 11 is 12.0. The molecule has 0 radical (unpaired) electrons. The van der Waals surface area contributed by atoms with E-state index in [1.807, 2.05) is 0 Å². The second-order valence-corrected chi connectivity index (χ2v) is 7.42. The van der Waals surface area contributed by atoms with Crippen molar-refractivity contribution in [2.45, 2.75) is 32.7 Å². The zero-order valence-corrected chi connectivity index (χ0v) is 17.8. The molecule has 0 bridgehead atoms. The van der Waals surface area contributed by atoms with Crippen LogP contribution in [-0.4, -0.2) is 21.6 Å². The standard InChI is InChI=1S/C21H20Cl2N4O3/c1-2-3-6-12-27-21(30)14-9-5-4-8-13(14)18(26-27)20(29)25-24-19(28)15-10-7-11-16(22)17(15)23/h4-5,7-11H,2-3,6,12H2,1H3,(H,24,28)(H,25,29). The second-order valence-electron chi connectivity index (χ2n) is 6.64. The highest BCUT2D eigenvalue weighted by Gasteiger charge is 2.18. The van der Waals surface area contributed by atoms with Crippen molar-refractivity contribution < 1.29 is 9.59 Å². The lowest BCUT2D eigenvalue weighted by molar-refractivity contribution is 0.0843. The molecule has 0 saturated carbocycles. The molecule has 7 nitrogen and oxygen atoms in total. The Morgan fingerprint density at radius 1 is 0.967 bits per heavy atom. The van der Waals surface area contributed by atoms with Gasteiger partial charge in [-0.3, -0.25) is 25.2 Å². The Kier molecular flexibility index (Phi) is 7.07. The lowest BCUT2D eigenvalue weighted by Crippen LogP contribution is -2.43. The number of amides is 2. The van der Waals surface area contributed by atoms with Gasteiger partial charge < -0.3 is 0 Å². The van der Waals surface area contributed by atoms with Crippen molar-refractivity contribution in [3.8, 4) is 0 Å². The number of hydrogen-bond acceptors (Lipinski definition) is 4. The van der Waals surface area contributed by atoms with Gasteiger partial charge in [0, 0.05) is 11.9 Å². The molecule has 1 aromatic heterocycles. The molecule has 3 rings (SSSR count). The van der Waals surface area contributed by atoms with E-state index in [-0.39, 0.29) is 26.9 Å². The summed E-state index contributed by atoms with van der Waals surface area (Å²) in [6.07, 6.45) is 2.71. The number of hydrogen-bond donors (Lipinski definition) is 2. The third-order valence-electron chi connectivity index (χ3n) is 4.54. The molecule has 2 aromatic carbocycles. The molecule has 9 heteroatoms. The molecule has 0 atom stereocenters. The maximum atomic E-state index is 12.8. The number of aryl methyl sites for hydroxylation is 1. The van der Waals surface area contributed by atoms with E-state index in [1.165, 1.54) is 10.7 Å². The number of nitrogens with zero attached hydrogens (tertiary/aromatic N) is 2. The Labute approximate surface area is 183 Å². The highest BCUT2D eigenvalue weighted by Crippen LogP contribution is 2.25. The van der Waals surface area contributed by atoms with Crippen LogP contribution in [0.2, 0.25) is 10.0 Å². The van der Waals surface area contributed by atoms with Crippen molar-refractivity contribution in [1.29, 1.82) is 0 Å². The van der Waals surface area contributed by atoms with Crippen LogP contribution in [0.3, 0.4) is 0 Å². The zero-order chi connectivity index (χ0) is 21.7. The van der Waals surface area contributed by atoms with Gasteiger partial charge in [-0.05, 0) is 24.6 Å². The number of nitrogens with one attached hydrogen (secondary N) is 2. The summed E-state index contributed by atoms with van der Waals surface area (Å²) in [5.41, 5.74) is 4.54. The smallest absolute Gasteiger partial charge is 0.267 e. The van der Waals surface area contributed by atoms with E-state index in [0.717, 1.165) is 19.3 Å². The highest BCUT2D eigenvalue weighted by atomic mass is 35.5. The van der Waals surface area contributed by atoms with Gasteiger partial charge in [0.15, 0.2) is 5.69 Å². The van der Waals surface area contributed by atoms with Gasteiger partial charge in [-0.1, -0.05) is 67.2 Å². The molecule has 30 heavy (non-hydrogen) atoms. The van der Waals surface area contributed by atoms with Gasteiger partial charge in [0.2, 0.25) is 0 Å². The van der Waals surface area contributed by atoms with Crippen molar-refractivity contribution in [2.24, 2.45) is 0 Å². The fourth-order valence-electron chi connectivity index (χ4n) is 2.99. The van der Waals surface area contributed by atoms with Crippen LogP contribution >= 0.6 is 23.2 Å². The maximum absolute atomic E-state index is 12.8. The molecule has 0 spiro atoms. The number of rotatable bonds is 6. The van der Waals surface area contributed by atoms with Crippen LogP contribution in [0.15, 0.2) is 47.3 Å². The predicted octanol–water partition coefficient (Wildman–Crippen LogP) is 3.97. The number of unbranched alkanes of at least 4 members (excludes halogenated alkanes) is 2. The summed E-state index contributed by atoms with van der Waals surface area (Å²) in [5.74, 6) is -1.28. The molecule has 3 aromatic rings. The summed E-state index contributed by atoms with van der Waals surface area (Å²) in [6, 6.07) is 11.3. The second kappa shape index (κ2) is 9.73. The largest absolute Gasteiger partial charge is 0.290 e. The topological polar surface area (TPSA) is 93.1 Å². The Hall–Kier alpha value is -2.90. The Morgan fingerprint density at radius 2 is 1.67 bits per heavy atom. The van der Waals surface area contributed by atoms with Crippen LogP contribution in [0.25, 0.3) is 10.8 Å². The quantitative estimate of drug-likeness (QED) is 0.442. The number of hydrazine groups is 1. The van der Waals surface area contributed by atoms with Crippen LogP contribution in [0.4, 0.5) is 0 Å². The third kappa shape index (κ3) is 4.63. The first-order chi connectivity index (χ1) is 14.4. The van der Waals surface area contributed by atoms with Gasteiger partial charge in [0.1, 0.15) is 0 Å². The average Bonchev–Trinajstić information content (AvgIpc) is 2.75. The van der Waals surface area contributed by atoms with Crippen LogP contribution in [0.5, 0.6) is 0 Å². The van der Waals surface area contributed by atoms with Crippen LogP contribution < -0.4 is 16.4 Å². The molecular weight excluding hydrogens is 427 g/mol. The lowest BCUT2D eigenvalue weighted by atomic mass is 10.1. The van der Waals surface area contributed by atoms with Gasteiger partial charge in [0.25, 0.3) is 17.4 Å². The minimum absolute atomic E-state index is 0.0409. The molecule has 156 valence electrons. The number of halogens is 2. The fourth-order valence-corrected chi connectivity index (χ4v) is 3.37. The van der Waals surface area contributed by atoms with Gasteiger partial charge in [-0.25, -0.2) is 4.68 Å². The third-order valence-corrected chi connectivity index (χ3v) is 5.36. The molecule has 0 saturated heterocycles. The molecule has 0 aliphatic heterocycles. The van der Waals surface area contributed by atoms with Crippen LogP contribution in [-0.2, 0) is 6.54 Å². The lowest BCUT2D eigenvalue weighted by Gasteiger charge is -2.12. The zero-order valence-electron chi connectivity index (χ0n) is 16.2. The van der Waals surface area contributed by atoms with Crippen molar-refractivity contribution in [3.05, 3.63) is 74.1 Å². The van der Waals surface area contributed by atoms with Crippen LogP contribution in [0, 0.1) is 0 Å². The SMILES string of the molecule is CCCCCn1nc(C(=O)NNC(=O)c2cccc(Cl)c2Cl)c2ccccc2c1=O. The first-order valence-corrected chi connectivity index (χ1v) is 10.2. The molecule has 0 fully saturated rings. The number of aromatic nitrogens is 2. The highest BCUT2D eigenvalue weighted by molar-refractivity contribution is 6.43. The van der Waals surface area contributed by atoms with E-state index in [0.29, 0.717) is 17.3 Å². The van der Waals surface area contributed by atoms with Gasteiger partial charge in [-0.2, -0.15) is 5.10 Å². The molecular formula is C21H20Cl2N4O3. The van der Waals surface area contributed by atoms with E-state index < -0.39 is 11.8 Å². The summed E-state index contributed by atoms with van der Waals surface area (Å²) in [4.78, 5) is 37.8. The molecule has 2 amide bonds. The summed E-state index contributed by atoms with van der Waals surface area (Å²) < 4.78 is 1.29. The predicted molar refractivity (Wildman–Crippen MR) is 117 cm³/mol. The van der Waals surface area contributed by atoms with Crippen molar-refractivity contribution in [3.63, 3.8) is 0 Å². The van der Waals surface area contributed by atoms with E-state index in [4.69, 9.17) is 23.2 Å². The van der Waals surface area contributed by atoms with Gasteiger partial charge in [0.05, 0.1) is 21.0 Å². The van der Waals surface area contributed by atoms with E-state index in [9.17, 15) is 14.4 Å². The van der Waals surface area contributed by atoms with E-state index >= 15 is 0 Å². The number of benzene rings is 2. The van der Waals surface area contributed by atoms with E-state index in [2.05, 4.69) is 22.9 Å². The Bertz CT molecular complexity index is 1160. The number of carbonyl (C=O) groups is 2. The minimum atomic E-state index is -0.651. The summed E-state index contributed by atoms with van der Waals surface area (Å²) in [6.45, 7) is 2.46. The minimum Gasteiger partial charge on any atom is -0.267 e. The summed E-state index contributed by atoms with van der Waals surface area (Å²) in [7, 11) is 0. The fraction of sp³-hybridized carbons (Fsp3) is 0.238. The molecule has 2 N–H and O–H groups in total. The monoisotopic (exact) mass is 446 g/mol. The van der Waals surface area contributed by atoms with Crippen molar-refractivity contribution >= 4 is 45.8 Å². The average molecular weight is 447 g/mol. The maximum Gasteiger partial charge on any atom is 0.290 e. The number of carbonyl (C=O) groups excluding carboxylic acids is 2. The van der Waals surface area contributed by atoms with Crippen molar-refractivity contribution in [1.82, 2.24) is 20.6 Å². The molecule has 0 aliphatic rings. The molecule has 0 unspecified atom stereocenters. The Morgan fingerprint density at radius 3 is 2.40 bits per heavy atom. The first-order valence-electron chi connectivity index (χ1n) is 9.48.